The van der Waals surface area contributed by atoms with Gasteiger partial charge in [-0.05, 0) is 53.1 Å². The Hall–Kier alpha value is -8.15. The molecule has 0 aliphatic heterocycles. The third kappa shape index (κ3) is 7.24. The van der Waals surface area contributed by atoms with Crippen LogP contribution in [0, 0.1) is 16.7 Å². The Balaban J connectivity index is 1.12. The fourth-order valence-electron chi connectivity index (χ4n) is 6.66. The van der Waals surface area contributed by atoms with E-state index in [2.05, 4.69) is 6.07 Å². The summed E-state index contributed by atoms with van der Waals surface area (Å²) in [5.74, 6) is 2.18. The molecule has 2 heterocycles. The minimum absolute atomic E-state index is 0.0990. The number of aromatic nitrogens is 3. The van der Waals surface area contributed by atoms with Gasteiger partial charge in [-0.1, -0.05) is 140 Å². The van der Waals surface area contributed by atoms with Crippen LogP contribution >= 0.6 is 0 Å². The van der Waals surface area contributed by atoms with Gasteiger partial charge < -0.3 is 4.42 Å². The van der Waals surface area contributed by atoms with E-state index in [1.54, 1.807) is 18.3 Å². The molecule has 268 valence electrons. The third-order valence-electron chi connectivity index (χ3n) is 9.55. The van der Waals surface area contributed by atoms with Gasteiger partial charge >= 0.3 is 0 Å². The molecule has 0 saturated carbocycles. The lowest BCUT2D eigenvalue weighted by molar-refractivity contribution is 0.669. The molecule has 8 heteroatoms. The topological polar surface area (TPSA) is 124 Å². The van der Waals surface area contributed by atoms with Crippen LogP contribution in [0.5, 0.6) is 0 Å². The molecule has 0 spiro atoms. The quantitative estimate of drug-likeness (QED) is 0.129. The average molecular weight is 734 g/mol. The number of fused-ring (bicyclic) bond motifs is 3. The van der Waals surface area contributed by atoms with E-state index in [1.165, 1.54) is 0 Å². The van der Waals surface area contributed by atoms with Gasteiger partial charge in [0.15, 0.2) is 29.1 Å². The molecule has 1 N–H and O–H groups in total. The molecule has 0 radical (unpaired) electrons. The van der Waals surface area contributed by atoms with Crippen molar-refractivity contribution in [1.29, 1.82) is 10.7 Å². The third-order valence-corrected chi connectivity index (χ3v) is 9.55. The fraction of sp³-hybridized carbons (Fsp3) is 0. The number of hydrogen-bond acceptors (Lipinski definition) is 6. The van der Waals surface area contributed by atoms with Crippen molar-refractivity contribution in [3.8, 4) is 51.4 Å². The highest BCUT2D eigenvalue weighted by molar-refractivity contribution is 6.15. The number of amidine groups is 2. The molecule has 0 bridgehead atoms. The molecule has 0 fully saturated rings. The van der Waals surface area contributed by atoms with E-state index in [0.717, 1.165) is 49.7 Å². The maximum atomic E-state index is 9.22. The van der Waals surface area contributed by atoms with Crippen LogP contribution in [0.2, 0.25) is 0 Å². The summed E-state index contributed by atoms with van der Waals surface area (Å²) in [4.78, 5) is 24.5. The van der Waals surface area contributed by atoms with Crippen molar-refractivity contribution in [2.45, 2.75) is 0 Å². The molecule has 0 amide bonds. The zero-order valence-electron chi connectivity index (χ0n) is 30.4. The number of nitriles is 1. The van der Waals surface area contributed by atoms with E-state index in [9.17, 15) is 5.26 Å². The van der Waals surface area contributed by atoms with Crippen LogP contribution in [0.4, 0.5) is 0 Å². The maximum Gasteiger partial charge on any atom is 0.164 e. The number of nitrogens with zero attached hydrogens (tertiary/aromatic N) is 6. The van der Waals surface area contributed by atoms with E-state index < -0.39 is 0 Å². The SMILES string of the molecule is N#Cc1ccc(-c2ccc(C(N=Cc3ccc4oc5cccc(-c6nc(-c7ccccc7)nc(-c7ccccc7)n6)c5c4c3)=NC(=N)c3ccccc3)cc2)cc1. The van der Waals surface area contributed by atoms with E-state index >= 15 is 0 Å². The molecule has 0 aliphatic carbocycles. The van der Waals surface area contributed by atoms with Crippen molar-refractivity contribution in [2.24, 2.45) is 9.98 Å². The highest BCUT2D eigenvalue weighted by Crippen LogP contribution is 2.37. The zero-order chi connectivity index (χ0) is 38.6. The smallest absolute Gasteiger partial charge is 0.164 e. The van der Waals surface area contributed by atoms with Crippen molar-refractivity contribution >= 4 is 39.8 Å². The van der Waals surface area contributed by atoms with E-state index in [-0.39, 0.29) is 5.84 Å². The predicted molar refractivity (Wildman–Crippen MR) is 227 cm³/mol. The van der Waals surface area contributed by atoms with Gasteiger partial charge in [0.05, 0.1) is 11.6 Å². The van der Waals surface area contributed by atoms with Crippen LogP contribution in [0.15, 0.2) is 190 Å². The second kappa shape index (κ2) is 15.3. The van der Waals surface area contributed by atoms with Crippen molar-refractivity contribution in [2.75, 3.05) is 0 Å². The molecule has 0 saturated heterocycles. The number of hydrogen-bond donors (Lipinski definition) is 1. The molecule has 7 aromatic carbocycles. The van der Waals surface area contributed by atoms with Crippen LogP contribution in [0.3, 0.4) is 0 Å². The number of furan rings is 1. The van der Waals surface area contributed by atoms with Gasteiger partial charge in [0.2, 0.25) is 0 Å². The summed E-state index contributed by atoms with van der Waals surface area (Å²) in [5, 5.41) is 19.8. The van der Waals surface area contributed by atoms with Crippen molar-refractivity contribution in [3.63, 3.8) is 0 Å². The van der Waals surface area contributed by atoms with Crippen LogP contribution < -0.4 is 0 Å². The first-order valence-corrected chi connectivity index (χ1v) is 18.3. The Bertz CT molecular complexity index is 2950. The van der Waals surface area contributed by atoms with Gasteiger partial charge in [-0.15, -0.1) is 0 Å². The minimum Gasteiger partial charge on any atom is -0.456 e. The monoisotopic (exact) mass is 733 g/mol. The summed E-state index contributed by atoms with van der Waals surface area (Å²) in [5.41, 5.74) is 8.86. The first-order valence-electron chi connectivity index (χ1n) is 18.3. The largest absolute Gasteiger partial charge is 0.456 e. The zero-order valence-corrected chi connectivity index (χ0v) is 30.4. The summed E-state index contributed by atoms with van der Waals surface area (Å²) in [7, 11) is 0. The Morgan fingerprint density at radius 3 is 1.79 bits per heavy atom. The molecular formula is C49H31N7O. The Morgan fingerprint density at radius 2 is 1.16 bits per heavy atom. The standard InChI is InChI=1S/C49H31N7O/c50-30-32-19-22-34(23-20-32)35-24-26-39(27-25-35)46(53-45(51)36-11-4-1-5-12-36)52-31-33-21-28-42-41(29-33)44-40(17-10-18-43(44)57-42)49-55-47(37-13-6-2-7-14-37)54-48(56-49)38-15-8-3-9-16-38/h1-29,31,51H. The predicted octanol–water partition coefficient (Wildman–Crippen LogP) is 11.2. The Kier molecular flexibility index (Phi) is 9.29. The molecular weight excluding hydrogens is 703 g/mol. The second-order valence-corrected chi connectivity index (χ2v) is 13.2. The first kappa shape index (κ1) is 34.6. The molecule has 9 rings (SSSR count). The number of rotatable bonds is 7. The van der Waals surface area contributed by atoms with Crippen LogP contribution in [0.1, 0.15) is 22.3 Å². The summed E-state index contributed by atoms with van der Waals surface area (Å²) >= 11 is 0. The van der Waals surface area contributed by atoms with Gasteiger partial charge in [0, 0.05) is 44.8 Å². The average Bonchev–Trinajstić information content (AvgIpc) is 3.67. The second-order valence-electron chi connectivity index (χ2n) is 13.2. The molecule has 57 heavy (non-hydrogen) atoms. The van der Waals surface area contributed by atoms with Gasteiger partial charge in [-0.25, -0.2) is 24.9 Å². The number of benzene rings is 7. The van der Waals surface area contributed by atoms with Gasteiger partial charge in [-0.3, -0.25) is 5.41 Å². The Labute approximate surface area is 328 Å². The molecule has 0 aliphatic rings. The van der Waals surface area contributed by atoms with Crippen LogP contribution in [0.25, 0.3) is 67.2 Å². The summed E-state index contributed by atoms with van der Waals surface area (Å²) in [6.07, 6.45) is 1.76. The van der Waals surface area contributed by atoms with Crippen LogP contribution in [-0.2, 0) is 0 Å². The highest BCUT2D eigenvalue weighted by Gasteiger charge is 2.18. The van der Waals surface area contributed by atoms with Gasteiger partial charge in [-0.2, -0.15) is 5.26 Å². The number of nitrogens with one attached hydrogen (secondary N) is 1. The van der Waals surface area contributed by atoms with Crippen molar-refractivity contribution in [1.82, 2.24) is 15.0 Å². The lowest BCUT2D eigenvalue weighted by atomic mass is 10.0. The van der Waals surface area contributed by atoms with Crippen molar-refractivity contribution in [3.05, 3.63) is 198 Å². The summed E-state index contributed by atoms with van der Waals surface area (Å²) < 4.78 is 6.37. The molecule has 0 atom stereocenters. The molecule has 0 unspecified atom stereocenters. The van der Waals surface area contributed by atoms with E-state index in [0.29, 0.717) is 45.6 Å². The number of aliphatic imine (C=N–C) groups is 2. The van der Waals surface area contributed by atoms with Crippen LogP contribution in [-0.4, -0.2) is 32.8 Å². The Morgan fingerprint density at radius 1 is 0.561 bits per heavy atom. The molecule has 2 aromatic heterocycles. The van der Waals surface area contributed by atoms with E-state index in [1.807, 2.05) is 164 Å². The van der Waals surface area contributed by atoms with Gasteiger partial charge in [0.25, 0.3) is 0 Å². The molecule has 9 aromatic rings. The van der Waals surface area contributed by atoms with Gasteiger partial charge in [0.1, 0.15) is 11.2 Å². The first-order chi connectivity index (χ1) is 28.1. The maximum absolute atomic E-state index is 9.22. The normalized spacial score (nSPS) is 11.6. The van der Waals surface area contributed by atoms with E-state index in [4.69, 9.17) is 34.8 Å². The highest BCUT2D eigenvalue weighted by atomic mass is 16.3. The summed E-state index contributed by atoms with van der Waals surface area (Å²) in [6.45, 7) is 0. The minimum atomic E-state index is 0.0990. The molecule has 8 nitrogen and oxygen atoms in total. The lowest BCUT2D eigenvalue weighted by Crippen LogP contribution is -2.04. The lowest BCUT2D eigenvalue weighted by Gasteiger charge is -2.09. The summed E-state index contributed by atoms with van der Waals surface area (Å²) in [6, 6.07) is 58.6. The fourth-order valence-corrected chi connectivity index (χ4v) is 6.66. The van der Waals surface area contributed by atoms with Crippen molar-refractivity contribution < 1.29 is 4.42 Å².